The molecular formula is C19H21ClN4O4S. The lowest BCUT2D eigenvalue weighted by atomic mass is 9.95. The Morgan fingerprint density at radius 2 is 1.86 bits per heavy atom. The molecule has 4 rings (SSSR count). The van der Waals surface area contributed by atoms with Gasteiger partial charge >= 0.3 is 11.8 Å². The number of nitrogens with zero attached hydrogens (tertiary/aromatic N) is 2. The largest absolute Gasteiger partial charge is 0.345 e. The van der Waals surface area contributed by atoms with E-state index in [1.165, 1.54) is 4.68 Å². The number of anilines is 1. The van der Waals surface area contributed by atoms with Crippen molar-refractivity contribution >= 4 is 39.1 Å². The predicted molar refractivity (Wildman–Crippen MR) is 109 cm³/mol. The van der Waals surface area contributed by atoms with Gasteiger partial charge in [0.15, 0.2) is 9.84 Å². The number of hydrogen-bond donors (Lipinski definition) is 2. The third kappa shape index (κ3) is 4.30. The van der Waals surface area contributed by atoms with Crippen molar-refractivity contribution in [3.8, 4) is 5.69 Å². The van der Waals surface area contributed by atoms with Crippen LogP contribution in [-0.4, -0.2) is 36.1 Å². The molecule has 0 spiro atoms. The highest BCUT2D eigenvalue weighted by molar-refractivity contribution is 7.90. The van der Waals surface area contributed by atoms with E-state index in [0.29, 0.717) is 22.0 Å². The van der Waals surface area contributed by atoms with Crippen LogP contribution in [0.1, 0.15) is 43.4 Å². The summed E-state index contributed by atoms with van der Waals surface area (Å²) < 4.78 is 25.5. The normalized spacial score (nSPS) is 18.2. The summed E-state index contributed by atoms with van der Waals surface area (Å²) in [5.41, 5.74) is 1.34. The lowest BCUT2D eigenvalue weighted by molar-refractivity contribution is -0.136. The van der Waals surface area contributed by atoms with Gasteiger partial charge in [0.05, 0.1) is 22.9 Å². The number of aromatic nitrogens is 2. The van der Waals surface area contributed by atoms with Crippen molar-refractivity contribution in [1.82, 2.24) is 15.1 Å². The third-order valence-corrected chi connectivity index (χ3v) is 6.90. The van der Waals surface area contributed by atoms with Gasteiger partial charge in [0, 0.05) is 16.6 Å². The first-order chi connectivity index (χ1) is 13.8. The average molecular weight is 437 g/mol. The molecule has 1 fully saturated rings. The first-order valence-corrected chi connectivity index (χ1v) is 11.7. The summed E-state index contributed by atoms with van der Waals surface area (Å²) in [6.45, 7) is 0. The molecule has 1 saturated carbocycles. The fraction of sp³-hybridized carbons (Fsp3) is 0.421. The first kappa shape index (κ1) is 19.9. The standard InChI is InChI=1S/C19H21ClN4O4S/c20-12-5-4-8-14(9-12)24-17(15-10-29(27,28)11-16(15)23-24)22-19(26)18(25)21-13-6-2-1-3-7-13/h4-5,8-9,13H,1-3,6-7,10-11H2,(H,21,25)(H,22,26). The maximum absolute atomic E-state index is 12.6. The topological polar surface area (TPSA) is 110 Å². The van der Waals surface area contributed by atoms with Crippen molar-refractivity contribution in [1.29, 1.82) is 0 Å². The Morgan fingerprint density at radius 1 is 1.10 bits per heavy atom. The smallest absolute Gasteiger partial charge is 0.314 e. The zero-order valence-corrected chi connectivity index (χ0v) is 17.2. The molecule has 2 heterocycles. The van der Waals surface area contributed by atoms with Crippen LogP contribution in [0.4, 0.5) is 5.82 Å². The molecule has 8 nitrogen and oxygen atoms in total. The second-order valence-corrected chi connectivity index (χ2v) is 9.96. The Hall–Kier alpha value is -2.39. The lowest BCUT2D eigenvalue weighted by Crippen LogP contribution is -2.42. The van der Waals surface area contributed by atoms with Gasteiger partial charge in [-0.05, 0) is 31.0 Å². The van der Waals surface area contributed by atoms with Crippen LogP contribution in [0, 0.1) is 0 Å². The van der Waals surface area contributed by atoms with Gasteiger partial charge in [0.25, 0.3) is 0 Å². The summed E-state index contributed by atoms with van der Waals surface area (Å²) in [5.74, 6) is -1.82. The number of carbonyl (C=O) groups is 2. The fourth-order valence-corrected chi connectivity index (χ4v) is 5.51. The van der Waals surface area contributed by atoms with Crippen LogP contribution in [0.25, 0.3) is 5.69 Å². The number of sulfone groups is 1. The van der Waals surface area contributed by atoms with E-state index in [1.807, 2.05) is 0 Å². The highest BCUT2D eigenvalue weighted by Crippen LogP contribution is 2.33. The Labute approximate surface area is 173 Å². The van der Waals surface area contributed by atoms with Gasteiger partial charge in [-0.3, -0.25) is 9.59 Å². The van der Waals surface area contributed by atoms with E-state index < -0.39 is 21.7 Å². The molecule has 1 aliphatic carbocycles. The molecule has 10 heteroatoms. The van der Waals surface area contributed by atoms with Crippen LogP contribution in [0.15, 0.2) is 24.3 Å². The van der Waals surface area contributed by atoms with Gasteiger partial charge in [-0.1, -0.05) is 36.9 Å². The second kappa shape index (κ2) is 7.79. The Balaban J connectivity index is 1.61. The molecule has 1 aromatic carbocycles. The van der Waals surface area contributed by atoms with Crippen LogP contribution in [0.2, 0.25) is 5.02 Å². The number of amides is 2. The molecule has 154 valence electrons. The van der Waals surface area contributed by atoms with Crippen molar-refractivity contribution in [3.05, 3.63) is 40.5 Å². The third-order valence-electron chi connectivity index (χ3n) is 5.22. The van der Waals surface area contributed by atoms with Crippen LogP contribution in [0.5, 0.6) is 0 Å². The quantitative estimate of drug-likeness (QED) is 0.717. The van der Waals surface area contributed by atoms with E-state index in [4.69, 9.17) is 11.6 Å². The van der Waals surface area contributed by atoms with E-state index in [-0.39, 0.29) is 23.4 Å². The van der Waals surface area contributed by atoms with Crippen molar-refractivity contribution < 1.29 is 18.0 Å². The molecule has 2 aliphatic rings. The number of rotatable bonds is 3. The number of nitrogens with one attached hydrogen (secondary N) is 2. The van der Waals surface area contributed by atoms with Crippen LogP contribution < -0.4 is 10.6 Å². The highest BCUT2D eigenvalue weighted by Gasteiger charge is 2.34. The molecule has 0 unspecified atom stereocenters. The first-order valence-electron chi connectivity index (χ1n) is 9.51. The molecular weight excluding hydrogens is 416 g/mol. The van der Waals surface area contributed by atoms with Gasteiger partial charge in [-0.25, -0.2) is 13.1 Å². The minimum atomic E-state index is -3.32. The number of halogens is 1. The fourth-order valence-electron chi connectivity index (χ4n) is 3.83. The SMILES string of the molecule is O=C(Nc1c2c(nn1-c1cccc(Cl)c1)CS(=O)(=O)C2)C(=O)NC1CCCCC1. The zero-order chi connectivity index (χ0) is 20.6. The molecule has 0 bridgehead atoms. The van der Waals surface area contributed by atoms with Crippen molar-refractivity contribution in [3.63, 3.8) is 0 Å². The number of hydrogen-bond acceptors (Lipinski definition) is 5. The van der Waals surface area contributed by atoms with Crippen LogP contribution in [-0.2, 0) is 30.9 Å². The maximum Gasteiger partial charge on any atom is 0.314 e. The summed E-state index contributed by atoms with van der Waals surface area (Å²) in [6, 6.07) is 6.80. The van der Waals surface area contributed by atoms with Gasteiger partial charge in [-0.15, -0.1) is 0 Å². The van der Waals surface area contributed by atoms with E-state index in [0.717, 1.165) is 32.1 Å². The Bertz CT molecular complexity index is 1070. The molecule has 0 radical (unpaired) electrons. The maximum atomic E-state index is 12.6. The molecule has 29 heavy (non-hydrogen) atoms. The molecule has 0 atom stereocenters. The van der Waals surface area contributed by atoms with E-state index in [9.17, 15) is 18.0 Å². The Morgan fingerprint density at radius 3 is 2.59 bits per heavy atom. The number of fused-ring (bicyclic) bond motifs is 1. The van der Waals surface area contributed by atoms with Gasteiger partial charge < -0.3 is 10.6 Å². The summed E-state index contributed by atoms with van der Waals surface area (Å²) >= 11 is 6.06. The number of carbonyl (C=O) groups excluding carboxylic acids is 2. The van der Waals surface area contributed by atoms with Crippen LogP contribution >= 0.6 is 11.6 Å². The van der Waals surface area contributed by atoms with Crippen molar-refractivity contribution in [2.75, 3.05) is 5.32 Å². The number of benzene rings is 1. The summed E-state index contributed by atoms with van der Waals surface area (Å²) in [7, 11) is -3.32. The Kier molecular flexibility index (Phi) is 5.35. The highest BCUT2D eigenvalue weighted by atomic mass is 35.5. The van der Waals surface area contributed by atoms with Gasteiger partial charge in [0.1, 0.15) is 5.82 Å². The average Bonchev–Trinajstić information content (AvgIpc) is 3.15. The molecule has 2 aromatic rings. The second-order valence-electron chi connectivity index (χ2n) is 7.46. The van der Waals surface area contributed by atoms with Crippen LogP contribution in [0.3, 0.4) is 0 Å². The summed E-state index contributed by atoms with van der Waals surface area (Å²) in [6.07, 6.45) is 4.90. The van der Waals surface area contributed by atoms with Crippen molar-refractivity contribution in [2.24, 2.45) is 0 Å². The predicted octanol–water partition coefficient (Wildman–Crippen LogP) is 2.34. The minimum Gasteiger partial charge on any atom is -0.345 e. The summed E-state index contributed by atoms with van der Waals surface area (Å²) in [4.78, 5) is 24.9. The van der Waals surface area contributed by atoms with Gasteiger partial charge in [0.2, 0.25) is 0 Å². The molecule has 0 saturated heterocycles. The van der Waals surface area contributed by atoms with Crippen molar-refractivity contribution in [2.45, 2.75) is 49.7 Å². The minimum absolute atomic E-state index is 0.00839. The van der Waals surface area contributed by atoms with E-state index in [2.05, 4.69) is 15.7 Å². The monoisotopic (exact) mass is 436 g/mol. The van der Waals surface area contributed by atoms with E-state index in [1.54, 1.807) is 24.3 Å². The molecule has 1 aromatic heterocycles. The zero-order valence-electron chi connectivity index (χ0n) is 15.7. The molecule has 2 N–H and O–H groups in total. The molecule has 1 aliphatic heterocycles. The summed E-state index contributed by atoms with van der Waals surface area (Å²) in [5, 5.41) is 10.2. The lowest BCUT2D eigenvalue weighted by Gasteiger charge is -2.22. The van der Waals surface area contributed by atoms with E-state index >= 15 is 0 Å². The van der Waals surface area contributed by atoms with Gasteiger partial charge in [-0.2, -0.15) is 5.10 Å². The molecule has 2 amide bonds.